The number of hydrogen-bond acceptors (Lipinski definition) is 3. The molecule has 0 unspecified atom stereocenters. The van der Waals surface area contributed by atoms with Crippen molar-refractivity contribution in [3.05, 3.63) is 59.7 Å². The third-order valence-electron chi connectivity index (χ3n) is 3.78. The van der Waals surface area contributed by atoms with Gasteiger partial charge in [0, 0.05) is 17.6 Å². The molecule has 0 bridgehead atoms. The Balaban J connectivity index is 2.17. The van der Waals surface area contributed by atoms with Crippen LogP contribution in [0.4, 0.5) is 0 Å². The Morgan fingerprint density at radius 3 is 2.67 bits per heavy atom. The van der Waals surface area contributed by atoms with Crippen LogP contribution in [0.5, 0.6) is 0 Å². The molecule has 0 aliphatic heterocycles. The lowest BCUT2D eigenvalue weighted by atomic mass is 9.99. The van der Waals surface area contributed by atoms with Gasteiger partial charge in [-0.2, -0.15) is 0 Å². The van der Waals surface area contributed by atoms with Gasteiger partial charge in [0.05, 0.1) is 19.0 Å². The number of aryl methyl sites for hydroxylation is 2. The Labute approximate surface area is 123 Å². The Hall–Kier alpha value is -2.62. The molecule has 0 amide bonds. The van der Waals surface area contributed by atoms with E-state index >= 15 is 0 Å². The van der Waals surface area contributed by atoms with Gasteiger partial charge in [-0.15, -0.1) is 0 Å². The average Bonchev–Trinajstić information content (AvgIpc) is 2.92. The number of imidazole rings is 1. The number of nitrogens with zero attached hydrogens (tertiary/aromatic N) is 2. The molecule has 0 N–H and O–H groups in total. The van der Waals surface area contributed by atoms with Gasteiger partial charge in [-0.05, 0) is 48.4 Å². The monoisotopic (exact) mass is 280 g/mol. The zero-order chi connectivity index (χ0) is 15.0. The van der Waals surface area contributed by atoms with Crippen LogP contribution >= 0.6 is 0 Å². The van der Waals surface area contributed by atoms with E-state index in [4.69, 9.17) is 4.74 Å². The Morgan fingerprint density at radius 1 is 1.19 bits per heavy atom. The number of hydrogen-bond donors (Lipinski definition) is 0. The highest BCUT2D eigenvalue weighted by atomic mass is 16.5. The number of fused-ring (bicyclic) bond motifs is 1. The normalized spacial score (nSPS) is 10.8. The highest BCUT2D eigenvalue weighted by Crippen LogP contribution is 2.25. The van der Waals surface area contributed by atoms with Crippen LogP contribution in [0.1, 0.15) is 21.6 Å². The molecule has 0 spiro atoms. The minimum atomic E-state index is -0.302. The third-order valence-corrected chi connectivity index (χ3v) is 3.78. The fraction of sp³-hybridized carbons (Fsp3) is 0.176. The first-order valence-electron chi connectivity index (χ1n) is 6.73. The number of aromatic nitrogens is 2. The number of benzene rings is 2. The SMILES string of the molecule is COC(=O)c1ccc2cc(-n3cncc3C)ccc2c1C. The van der Waals surface area contributed by atoms with E-state index in [1.807, 2.05) is 48.9 Å². The summed E-state index contributed by atoms with van der Waals surface area (Å²) < 4.78 is 6.84. The molecule has 21 heavy (non-hydrogen) atoms. The fourth-order valence-electron chi connectivity index (χ4n) is 2.59. The third kappa shape index (κ3) is 2.18. The van der Waals surface area contributed by atoms with E-state index in [0.29, 0.717) is 5.56 Å². The topological polar surface area (TPSA) is 44.1 Å². The van der Waals surface area contributed by atoms with Crippen LogP contribution in [0, 0.1) is 13.8 Å². The molecule has 0 atom stereocenters. The Kier molecular flexibility index (Phi) is 3.22. The van der Waals surface area contributed by atoms with Gasteiger partial charge in [-0.3, -0.25) is 0 Å². The summed E-state index contributed by atoms with van der Waals surface area (Å²) in [6.45, 7) is 3.96. The lowest BCUT2D eigenvalue weighted by Gasteiger charge is -2.10. The molecule has 0 saturated carbocycles. The van der Waals surface area contributed by atoms with Crippen molar-refractivity contribution in [3.8, 4) is 5.69 Å². The number of rotatable bonds is 2. The van der Waals surface area contributed by atoms with Crippen molar-refractivity contribution in [2.75, 3.05) is 7.11 Å². The number of carbonyl (C=O) groups excluding carboxylic acids is 1. The van der Waals surface area contributed by atoms with Crippen LogP contribution in [0.2, 0.25) is 0 Å². The second-order valence-corrected chi connectivity index (χ2v) is 5.04. The van der Waals surface area contributed by atoms with Crippen LogP contribution in [0.25, 0.3) is 16.5 Å². The predicted octanol–water partition coefficient (Wildman–Crippen LogP) is 3.43. The van der Waals surface area contributed by atoms with Gasteiger partial charge < -0.3 is 9.30 Å². The zero-order valence-corrected chi connectivity index (χ0v) is 12.3. The number of carbonyl (C=O) groups is 1. The molecular formula is C17H16N2O2. The quantitative estimate of drug-likeness (QED) is 0.675. The van der Waals surface area contributed by atoms with E-state index in [9.17, 15) is 4.79 Å². The van der Waals surface area contributed by atoms with Crippen molar-refractivity contribution in [2.45, 2.75) is 13.8 Å². The molecule has 2 aromatic carbocycles. The van der Waals surface area contributed by atoms with Crippen molar-refractivity contribution < 1.29 is 9.53 Å². The van der Waals surface area contributed by atoms with Gasteiger partial charge in [0.15, 0.2) is 0 Å². The van der Waals surface area contributed by atoms with Gasteiger partial charge in [0.25, 0.3) is 0 Å². The largest absolute Gasteiger partial charge is 0.465 e. The molecule has 0 saturated heterocycles. The maximum atomic E-state index is 11.7. The van der Waals surface area contributed by atoms with Crippen LogP contribution in [0.3, 0.4) is 0 Å². The standard InChI is InChI=1S/C17H16N2O2/c1-11-9-18-10-19(11)14-5-7-15-12(2)16(17(20)21-3)6-4-13(15)8-14/h4-10H,1-3H3. The first kappa shape index (κ1) is 13.4. The molecular weight excluding hydrogens is 264 g/mol. The minimum absolute atomic E-state index is 0.302. The van der Waals surface area contributed by atoms with E-state index in [1.54, 1.807) is 6.33 Å². The molecule has 0 aliphatic carbocycles. The molecule has 0 fully saturated rings. The maximum Gasteiger partial charge on any atom is 0.338 e. The second-order valence-electron chi connectivity index (χ2n) is 5.04. The minimum Gasteiger partial charge on any atom is -0.465 e. The van der Waals surface area contributed by atoms with Gasteiger partial charge in [0.2, 0.25) is 0 Å². The lowest BCUT2D eigenvalue weighted by molar-refractivity contribution is 0.0600. The summed E-state index contributed by atoms with van der Waals surface area (Å²) in [6, 6.07) is 9.92. The van der Waals surface area contributed by atoms with Crippen LogP contribution in [-0.4, -0.2) is 22.6 Å². The predicted molar refractivity (Wildman–Crippen MR) is 81.9 cm³/mol. The van der Waals surface area contributed by atoms with Crippen LogP contribution in [-0.2, 0) is 4.74 Å². The zero-order valence-electron chi connectivity index (χ0n) is 12.3. The van der Waals surface area contributed by atoms with Crippen LogP contribution < -0.4 is 0 Å². The molecule has 1 heterocycles. The van der Waals surface area contributed by atoms with Crippen LogP contribution in [0.15, 0.2) is 42.9 Å². The number of methoxy groups -OCH3 is 1. The van der Waals surface area contributed by atoms with Gasteiger partial charge >= 0.3 is 5.97 Å². The highest BCUT2D eigenvalue weighted by molar-refractivity contribution is 5.99. The molecule has 4 nitrogen and oxygen atoms in total. The summed E-state index contributed by atoms with van der Waals surface area (Å²) in [7, 11) is 1.40. The maximum absolute atomic E-state index is 11.7. The summed E-state index contributed by atoms with van der Waals surface area (Å²) in [5.41, 5.74) is 3.68. The van der Waals surface area contributed by atoms with E-state index < -0.39 is 0 Å². The Bertz CT molecular complexity index is 834. The van der Waals surface area contributed by atoms with E-state index in [-0.39, 0.29) is 5.97 Å². The van der Waals surface area contributed by atoms with Crippen molar-refractivity contribution in [3.63, 3.8) is 0 Å². The summed E-state index contributed by atoms with van der Waals surface area (Å²) in [4.78, 5) is 15.9. The lowest BCUT2D eigenvalue weighted by Crippen LogP contribution is -2.04. The number of esters is 1. The molecule has 0 aliphatic rings. The van der Waals surface area contributed by atoms with Gasteiger partial charge in [-0.25, -0.2) is 9.78 Å². The molecule has 3 aromatic rings. The molecule has 0 radical (unpaired) electrons. The van der Waals surface area contributed by atoms with Gasteiger partial charge in [0.1, 0.15) is 0 Å². The van der Waals surface area contributed by atoms with E-state index in [2.05, 4.69) is 11.1 Å². The van der Waals surface area contributed by atoms with Crippen molar-refractivity contribution in [1.82, 2.24) is 9.55 Å². The summed E-state index contributed by atoms with van der Waals surface area (Å²) in [6.07, 6.45) is 3.63. The van der Waals surface area contributed by atoms with Gasteiger partial charge in [-0.1, -0.05) is 12.1 Å². The summed E-state index contributed by atoms with van der Waals surface area (Å²) in [5.74, 6) is -0.302. The first-order valence-corrected chi connectivity index (χ1v) is 6.73. The van der Waals surface area contributed by atoms with E-state index in [0.717, 1.165) is 27.7 Å². The Morgan fingerprint density at radius 2 is 2.00 bits per heavy atom. The van der Waals surface area contributed by atoms with Crippen molar-refractivity contribution >= 4 is 16.7 Å². The molecule has 4 heteroatoms. The summed E-state index contributed by atoms with van der Waals surface area (Å²) in [5, 5.41) is 2.14. The molecule has 106 valence electrons. The molecule has 1 aromatic heterocycles. The highest BCUT2D eigenvalue weighted by Gasteiger charge is 2.12. The van der Waals surface area contributed by atoms with E-state index in [1.165, 1.54) is 7.11 Å². The number of ether oxygens (including phenoxy) is 1. The fourth-order valence-corrected chi connectivity index (χ4v) is 2.59. The molecule has 3 rings (SSSR count). The summed E-state index contributed by atoms with van der Waals surface area (Å²) >= 11 is 0. The average molecular weight is 280 g/mol. The van der Waals surface area contributed by atoms with Crippen molar-refractivity contribution in [2.24, 2.45) is 0 Å². The first-order chi connectivity index (χ1) is 10.1. The van der Waals surface area contributed by atoms with Crippen molar-refractivity contribution in [1.29, 1.82) is 0 Å². The second kappa shape index (κ2) is 5.05. The smallest absolute Gasteiger partial charge is 0.338 e.